The van der Waals surface area contributed by atoms with Gasteiger partial charge in [0.25, 0.3) is 17.7 Å². The predicted molar refractivity (Wildman–Crippen MR) is 117 cm³/mol. The number of carbonyl (C=O) groups excluding carboxylic acids is 3. The van der Waals surface area contributed by atoms with Gasteiger partial charge in [-0.1, -0.05) is 29.5 Å². The van der Waals surface area contributed by atoms with Gasteiger partial charge in [-0.05, 0) is 48.5 Å². The van der Waals surface area contributed by atoms with Gasteiger partial charge in [-0.2, -0.15) is 13.2 Å². The summed E-state index contributed by atoms with van der Waals surface area (Å²) in [5.41, 5.74) is 0.389. The summed E-state index contributed by atoms with van der Waals surface area (Å²) in [6, 6.07) is 15.3. The molecule has 0 saturated heterocycles. The molecule has 0 atom stereocenters. The molecule has 10 heteroatoms. The van der Waals surface area contributed by atoms with Gasteiger partial charge in [-0.25, -0.2) is 9.88 Å². The van der Waals surface area contributed by atoms with Gasteiger partial charge in [0.05, 0.1) is 26.9 Å². The molecule has 0 unspecified atom stereocenters. The maximum Gasteiger partial charge on any atom is 0.416 e. The van der Waals surface area contributed by atoms with Crippen LogP contribution in [0, 0.1) is 0 Å². The van der Waals surface area contributed by atoms with E-state index in [9.17, 15) is 27.6 Å². The summed E-state index contributed by atoms with van der Waals surface area (Å²) >= 11 is 1.06. The summed E-state index contributed by atoms with van der Waals surface area (Å²) in [6.07, 6.45) is -4.53. The number of fused-ring (bicyclic) bond motifs is 2. The first-order valence-electron chi connectivity index (χ1n) is 9.59. The van der Waals surface area contributed by atoms with Gasteiger partial charge < -0.3 is 5.32 Å². The van der Waals surface area contributed by atoms with Gasteiger partial charge in [0.15, 0.2) is 0 Å². The van der Waals surface area contributed by atoms with Crippen LogP contribution in [0.5, 0.6) is 0 Å². The van der Waals surface area contributed by atoms with Crippen LogP contribution in [0.4, 0.5) is 24.0 Å². The fraction of sp³-hybridized carbons (Fsp3) is 0.0435. The summed E-state index contributed by atoms with van der Waals surface area (Å²) in [6.45, 7) is 0. The number of amides is 3. The van der Waals surface area contributed by atoms with E-state index in [4.69, 9.17) is 0 Å². The highest BCUT2D eigenvalue weighted by Crippen LogP contribution is 2.35. The van der Waals surface area contributed by atoms with Crippen LogP contribution in [0.15, 0.2) is 66.7 Å². The first-order chi connectivity index (χ1) is 15.7. The maximum atomic E-state index is 12.9. The monoisotopic (exact) mass is 467 g/mol. The number of carbonyl (C=O) groups is 3. The van der Waals surface area contributed by atoms with Crippen molar-refractivity contribution in [1.29, 1.82) is 0 Å². The van der Waals surface area contributed by atoms with Crippen LogP contribution in [0.25, 0.3) is 10.2 Å². The molecule has 164 valence electrons. The number of anilines is 2. The van der Waals surface area contributed by atoms with Crippen LogP contribution in [-0.4, -0.2) is 22.7 Å². The molecule has 0 bridgehead atoms. The van der Waals surface area contributed by atoms with E-state index in [1.165, 1.54) is 24.3 Å². The number of aromatic nitrogens is 1. The Hall–Kier alpha value is -4.05. The van der Waals surface area contributed by atoms with E-state index in [2.05, 4.69) is 10.3 Å². The van der Waals surface area contributed by atoms with Gasteiger partial charge in [-0.15, -0.1) is 0 Å². The Morgan fingerprint density at radius 3 is 2.27 bits per heavy atom. The topological polar surface area (TPSA) is 79.4 Å². The first-order valence-corrected chi connectivity index (χ1v) is 10.4. The molecule has 5 rings (SSSR count). The average molecular weight is 467 g/mol. The molecule has 0 aliphatic carbocycles. The highest BCUT2D eigenvalue weighted by Gasteiger charge is 2.38. The Morgan fingerprint density at radius 2 is 1.61 bits per heavy atom. The molecule has 6 nitrogen and oxygen atoms in total. The Bertz CT molecular complexity index is 1430. The molecule has 2 heterocycles. The Morgan fingerprint density at radius 1 is 0.909 bits per heavy atom. The van der Waals surface area contributed by atoms with Crippen molar-refractivity contribution < 1.29 is 27.6 Å². The van der Waals surface area contributed by atoms with Gasteiger partial charge in [0, 0.05) is 11.3 Å². The number of hydrogen-bond donors (Lipinski definition) is 1. The van der Waals surface area contributed by atoms with E-state index in [0.717, 1.165) is 28.4 Å². The van der Waals surface area contributed by atoms with Crippen molar-refractivity contribution in [2.45, 2.75) is 6.18 Å². The number of nitrogens with one attached hydrogen (secondary N) is 1. The number of imide groups is 1. The quantitative estimate of drug-likeness (QED) is 0.411. The lowest BCUT2D eigenvalue weighted by Gasteiger charge is -2.10. The van der Waals surface area contributed by atoms with Gasteiger partial charge in [-0.3, -0.25) is 14.4 Å². The second-order valence-corrected chi connectivity index (χ2v) is 8.21. The van der Waals surface area contributed by atoms with Crippen LogP contribution in [0.2, 0.25) is 0 Å². The smallest absolute Gasteiger partial charge is 0.322 e. The first kappa shape index (κ1) is 20.8. The molecule has 0 saturated carbocycles. The van der Waals surface area contributed by atoms with Crippen molar-refractivity contribution in [3.63, 3.8) is 0 Å². The molecule has 3 aromatic carbocycles. The lowest BCUT2D eigenvalue weighted by molar-refractivity contribution is -0.137. The fourth-order valence-electron chi connectivity index (χ4n) is 3.49. The molecule has 0 fully saturated rings. The summed E-state index contributed by atoms with van der Waals surface area (Å²) in [5.74, 6) is -1.55. The second-order valence-electron chi connectivity index (χ2n) is 7.20. The number of thiazole rings is 1. The van der Waals surface area contributed by atoms with E-state index in [1.807, 2.05) is 0 Å². The van der Waals surface area contributed by atoms with Gasteiger partial charge >= 0.3 is 6.18 Å². The van der Waals surface area contributed by atoms with Crippen LogP contribution in [-0.2, 0) is 6.18 Å². The number of halogens is 3. The number of benzene rings is 3. The third-order valence-electron chi connectivity index (χ3n) is 5.07. The summed E-state index contributed by atoms with van der Waals surface area (Å²) in [5, 5.41) is 2.62. The van der Waals surface area contributed by atoms with Crippen molar-refractivity contribution in [2.75, 3.05) is 10.2 Å². The van der Waals surface area contributed by atoms with Crippen molar-refractivity contribution in [1.82, 2.24) is 4.98 Å². The van der Waals surface area contributed by atoms with Gasteiger partial charge in [0.2, 0.25) is 5.13 Å². The van der Waals surface area contributed by atoms with Crippen molar-refractivity contribution in [2.24, 2.45) is 0 Å². The van der Waals surface area contributed by atoms with E-state index in [0.29, 0.717) is 21.3 Å². The lowest BCUT2D eigenvalue weighted by Crippen LogP contribution is -2.29. The highest BCUT2D eigenvalue weighted by atomic mass is 32.1. The summed E-state index contributed by atoms with van der Waals surface area (Å²) < 4.78 is 39.3. The summed E-state index contributed by atoms with van der Waals surface area (Å²) in [7, 11) is 0. The van der Waals surface area contributed by atoms with Crippen LogP contribution < -0.4 is 10.2 Å². The summed E-state index contributed by atoms with van der Waals surface area (Å²) in [4.78, 5) is 43.3. The molecule has 33 heavy (non-hydrogen) atoms. The molecule has 1 aromatic heterocycles. The number of rotatable bonds is 3. The molecule has 1 aliphatic heterocycles. The minimum absolute atomic E-state index is 0.00550. The third kappa shape index (κ3) is 3.64. The standard InChI is InChI=1S/C23H12F3N3O3S/c24-23(25,26)13-4-3-5-14(11-13)27-19(30)12-8-9-17-18(10-12)33-22(28-17)29-20(31)15-6-1-2-7-16(15)21(29)32/h1-11H,(H,27,30). The maximum absolute atomic E-state index is 12.9. The SMILES string of the molecule is O=C(Nc1cccc(C(F)(F)F)c1)c1ccc2nc(N3C(=O)c4ccccc4C3=O)sc2c1. The Labute approximate surface area is 188 Å². The zero-order chi connectivity index (χ0) is 23.3. The molecule has 4 aromatic rings. The molecule has 0 spiro atoms. The average Bonchev–Trinajstić information content (AvgIpc) is 3.31. The number of nitrogens with zero attached hydrogens (tertiary/aromatic N) is 2. The highest BCUT2D eigenvalue weighted by molar-refractivity contribution is 7.22. The molecule has 0 radical (unpaired) electrons. The zero-order valence-electron chi connectivity index (χ0n) is 16.5. The van der Waals surface area contributed by atoms with Crippen LogP contribution in [0.1, 0.15) is 36.6 Å². The molecular weight excluding hydrogens is 455 g/mol. The molecular formula is C23H12F3N3O3S. The van der Waals surface area contributed by atoms with E-state index in [-0.39, 0.29) is 16.4 Å². The van der Waals surface area contributed by atoms with Crippen molar-refractivity contribution in [3.05, 3.63) is 89.0 Å². The van der Waals surface area contributed by atoms with Crippen molar-refractivity contribution >= 4 is 50.1 Å². The molecule has 3 amide bonds. The second kappa shape index (κ2) is 7.52. The van der Waals surface area contributed by atoms with Crippen molar-refractivity contribution in [3.8, 4) is 0 Å². The van der Waals surface area contributed by atoms with Crippen LogP contribution >= 0.6 is 11.3 Å². The number of alkyl halides is 3. The van der Waals surface area contributed by atoms with Gasteiger partial charge in [0.1, 0.15) is 0 Å². The Balaban J connectivity index is 1.42. The minimum atomic E-state index is -4.53. The normalized spacial score (nSPS) is 13.5. The number of hydrogen-bond acceptors (Lipinski definition) is 5. The largest absolute Gasteiger partial charge is 0.416 e. The lowest BCUT2D eigenvalue weighted by atomic mass is 10.1. The molecule has 1 aliphatic rings. The van der Waals surface area contributed by atoms with Crippen LogP contribution in [0.3, 0.4) is 0 Å². The minimum Gasteiger partial charge on any atom is -0.322 e. The Kier molecular flexibility index (Phi) is 4.75. The van der Waals surface area contributed by atoms with E-state index < -0.39 is 29.5 Å². The zero-order valence-corrected chi connectivity index (χ0v) is 17.3. The third-order valence-corrected chi connectivity index (χ3v) is 6.08. The predicted octanol–water partition coefficient (Wildman–Crippen LogP) is 5.37. The molecule has 1 N–H and O–H groups in total. The van der Waals surface area contributed by atoms with E-state index >= 15 is 0 Å². The fourth-order valence-corrected chi connectivity index (χ4v) is 4.49. The van der Waals surface area contributed by atoms with E-state index in [1.54, 1.807) is 30.3 Å².